The smallest absolute Gasteiger partial charge is 0.411 e. The number of methoxy groups -OCH3 is 1. The molecule has 2 aromatic carbocycles. The number of aromatic nitrogens is 6. The average molecular weight is 637 g/mol. The summed E-state index contributed by atoms with van der Waals surface area (Å²) in [7, 11) is 1.30. The SMILES string of the molecule is CCN1CC[C@@H](CC(NC(=O)C=Cc2cc(Cl)ccc2-n2cnnn2)c2cc(-c3ccc(NC(=O)OC)cc3)c(Cl)nn2)C1. The Labute approximate surface area is 264 Å². The first-order valence-corrected chi connectivity index (χ1v) is 14.8. The number of hydrogen-bond donors (Lipinski definition) is 2. The molecule has 2 amide bonds. The van der Waals surface area contributed by atoms with E-state index in [1.54, 1.807) is 36.4 Å². The molecule has 44 heavy (non-hydrogen) atoms. The second kappa shape index (κ2) is 14.4. The van der Waals surface area contributed by atoms with Crippen LogP contribution < -0.4 is 10.6 Å². The molecule has 2 aromatic heterocycles. The molecular weight excluding hydrogens is 605 g/mol. The maximum atomic E-state index is 13.3. The number of tetrazole rings is 1. The van der Waals surface area contributed by atoms with Crippen molar-refractivity contribution in [2.45, 2.75) is 25.8 Å². The molecule has 0 radical (unpaired) electrons. The fraction of sp³-hybridized carbons (Fsp3) is 0.300. The molecule has 1 fully saturated rings. The Morgan fingerprint density at radius 3 is 2.66 bits per heavy atom. The van der Waals surface area contributed by atoms with Crippen molar-refractivity contribution in [1.82, 2.24) is 40.6 Å². The number of carbonyl (C=O) groups is 2. The zero-order valence-electron chi connectivity index (χ0n) is 24.2. The van der Waals surface area contributed by atoms with Gasteiger partial charge >= 0.3 is 6.09 Å². The van der Waals surface area contributed by atoms with E-state index in [1.807, 2.05) is 18.2 Å². The summed E-state index contributed by atoms with van der Waals surface area (Å²) >= 11 is 12.7. The second-order valence-electron chi connectivity index (χ2n) is 10.3. The standard InChI is InChI=1S/C30H31Cl2N9O3/c1-3-40-13-12-19(17-40)14-25(35-28(42)11-6-21-15-22(31)7-10-27(21)41-18-33-38-39-41)26-16-24(29(32)37-36-26)20-4-8-23(9-5-20)34-30(43)44-2/h4-11,15-16,18-19,25H,3,12-14,17H2,1-2H3,(H,34,43)(H,35,42)/t19-,25?/m0/s1. The van der Waals surface area contributed by atoms with Gasteiger partial charge in [-0.15, -0.1) is 10.2 Å². The van der Waals surface area contributed by atoms with Crippen LogP contribution in [0.2, 0.25) is 10.2 Å². The number of benzene rings is 2. The molecule has 1 aliphatic rings. The number of carbonyl (C=O) groups excluding carboxylic acids is 2. The number of halogens is 2. The van der Waals surface area contributed by atoms with Crippen LogP contribution in [0.15, 0.2) is 60.9 Å². The van der Waals surface area contributed by atoms with E-state index >= 15 is 0 Å². The van der Waals surface area contributed by atoms with Gasteiger partial charge in [-0.2, -0.15) is 9.78 Å². The van der Waals surface area contributed by atoms with Gasteiger partial charge in [0.15, 0.2) is 5.15 Å². The number of amides is 2. The number of likely N-dealkylation sites (tertiary alicyclic amines) is 1. The van der Waals surface area contributed by atoms with Gasteiger partial charge in [0.2, 0.25) is 5.91 Å². The number of ether oxygens (including phenoxy) is 1. The molecule has 12 nitrogen and oxygen atoms in total. The first-order chi connectivity index (χ1) is 21.3. The van der Waals surface area contributed by atoms with Crippen LogP contribution in [-0.4, -0.2) is 74.0 Å². The zero-order valence-corrected chi connectivity index (χ0v) is 25.7. The van der Waals surface area contributed by atoms with Gasteiger partial charge in [0, 0.05) is 34.5 Å². The Balaban J connectivity index is 1.40. The molecular formula is C30H31Cl2N9O3. The zero-order chi connectivity index (χ0) is 31.1. The Morgan fingerprint density at radius 2 is 1.95 bits per heavy atom. The predicted molar refractivity (Wildman–Crippen MR) is 167 cm³/mol. The van der Waals surface area contributed by atoms with Crippen molar-refractivity contribution < 1.29 is 14.3 Å². The fourth-order valence-corrected chi connectivity index (χ4v) is 5.55. The van der Waals surface area contributed by atoms with E-state index in [4.69, 9.17) is 23.2 Å². The summed E-state index contributed by atoms with van der Waals surface area (Å²) in [5, 5.41) is 26.5. The van der Waals surface area contributed by atoms with Gasteiger partial charge in [0.05, 0.1) is 24.5 Å². The summed E-state index contributed by atoms with van der Waals surface area (Å²) in [5.41, 5.74) is 3.94. The molecule has 0 saturated carbocycles. The lowest BCUT2D eigenvalue weighted by Gasteiger charge is -2.22. The largest absolute Gasteiger partial charge is 0.453 e. The molecule has 228 valence electrons. The van der Waals surface area contributed by atoms with Gasteiger partial charge in [0.25, 0.3) is 0 Å². The minimum absolute atomic E-state index is 0.224. The van der Waals surface area contributed by atoms with Crippen LogP contribution in [0.25, 0.3) is 22.9 Å². The first kappa shape index (κ1) is 31.0. The summed E-state index contributed by atoms with van der Waals surface area (Å²) in [6.07, 6.45) is 5.74. The first-order valence-electron chi connectivity index (χ1n) is 14.0. The number of hydrogen-bond acceptors (Lipinski definition) is 9. The van der Waals surface area contributed by atoms with Crippen LogP contribution in [-0.2, 0) is 9.53 Å². The van der Waals surface area contributed by atoms with Gasteiger partial charge < -0.3 is 15.0 Å². The molecule has 2 atom stereocenters. The average Bonchev–Trinajstić information content (AvgIpc) is 3.73. The van der Waals surface area contributed by atoms with E-state index in [0.29, 0.717) is 45.6 Å². The maximum absolute atomic E-state index is 13.3. The van der Waals surface area contributed by atoms with Crippen LogP contribution in [0, 0.1) is 5.92 Å². The summed E-state index contributed by atoms with van der Waals surface area (Å²) in [6.45, 7) is 5.08. The van der Waals surface area contributed by atoms with E-state index in [1.165, 1.54) is 24.2 Å². The minimum atomic E-state index is -0.563. The van der Waals surface area contributed by atoms with Crippen molar-refractivity contribution in [1.29, 1.82) is 0 Å². The number of nitrogens with zero attached hydrogens (tertiary/aromatic N) is 7. The highest BCUT2D eigenvalue weighted by atomic mass is 35.5. The quantitative estimate of drug-likeness (QED) is 0.225. The summed E-state index contributed by atoms with van der Waals surface area (Å²) < 4.78 is 6.15. The summed E-state index contributed by atoms with van der Waals surface area (Å²) in [6, 6.07) is 13.8. The third kappa shape index (κ3) is 7.76. The van der Waals surface area contributed by atoms with Crippen LogP contribution in [0.5, 0.6) is 0 Å². The molecule has 0 spiro atoms. The van der Waals surface area contributed by atoms with Crippen molar-refractivity contribution in [2.75, 3.05) is 32.1 Å². The Bertz CT molecular complexity index is 1630. The van der Waals surface area contributed by atoms with Crippen molar-refractivity contribution in [3.8, 4) is 16.8 Å². The highest BCUT2D eigenvalue weighted by molar-refractivity contribution is 6.32. The maximum Gasteiger partial charge on any atom is 0.411 e. The third-order valence-electron chi connectivity index (χ3n) is 7.45. The predicted octanol–water partition coefficient (Wildman–Crippen LogP) is 5.21. The Hall–Kier alpha value is -4.39. The normalized spacial score (nSPS) is 15.8. The Morgan fingerprint density at radius 1 is 1.14 bits per heavy atom. The van der Waals surface area contributed by atoms with Gasteiger partial charge in [-0.3, -0.25) is 10.1 Å². The number of nitrogens with one attached hydrogen (secondary N) is 2. The van der Waals surface area contributed by atoms with Crippen LogP contribution in [0.3, 0.4) is 0 Å². The van der Waals surface area contributed by atoms with E-state index in [2.05, 4.69) is 52.9 Å². The van der Waals surface area contributed by atoms with E-state index in [9.17, 15) is 9.59 Å². The minimum Gasteiger partial charge on any atom is -0.453 e. The summed E-state index contributed by atoms with van der Waals surface area (Å²) in [4.78, 5) is 27.3. The monoisotopic (exact) mass is 635 g/mol. The molecule has 4 aromatic rings. The lowest BCUT2D eigenvalue weighted by Crippen LogP contribution is -2.30. The van der Waals surface area contributed by atoms with Crippen molar-refractivity contribution >= 4 is 47.0 Å². The molecule has 1 unspecified atom stereocenters. The van der Waals surface area contributed by atoms with Gasteiger partial charge in [-0.05, 0) is 90.3 Å². The second-order valence-corrected chi connectivity index (χ2v) is 11.1. The molecule has 0 aliphatic carbocycles. The van der Waals surface area contributed by atoms with Crippen LogP contribution in [0.1, 0.15) is 37.1 Å². The lowest BCUT2D eigenvalue weighted by molar-refractivity contribution is -0.117. The molecule has 2 N–H and O–H groups in total. The van der Waals surface area contributed by atoms with Crippen LogP contribution in [0.4, 0.5) is 10.5 Å². The van der Waals surface area contributed by atoms with E-state index in [0.717, 1.165) is 31.6 Å². The third-order valence-corrected chi connectivity index (χ3v) is 7.97. The van der Waals surface area contributed by atoms with Crippen LogP contribution >= 0.6 is 23.2 Å². The highest BCUT2D eigenvalue weighted by Gasteiger charge is 2.27. The van der Waals surface area contributed by atoms with E-state index in [-0.39, 0.29) is 11.1 Å². The van der Waals surface area contributed by atoms with Crippen molar-refractivity contribution in [3.05, 3.63) is 82.4 Å². The Kier molecular flexibility index (Phi) is 10.2. The van der Waals surface area contributed by atoms with Gasteiger partial charge in [-0.1, -0.05) is 42.3 Å². The lowest BCUT2D eigenvalue weighted by atomic mass is 9.95. The number of anilines is 1. The molecule has 0 bridgehead atoms. The summed E-state index contributed by atoms with van der Waals surface area (Å²) in [5.74, 6) is 0.0627. The van der Waals surface area contributed by atoms with Gasteiger partial charge in [0.1, 0.15) is 6.33 Å². The van der Waals surface area contributed by atoms with Crippen molar-refractivity contribution in [2.24, 2.45) is 5.92 Å². The molecule has 1 saturated heterocycles. The topological polar surface area (TPSA) is 140 Å². The molecule has 5 rings (SSSR count). The number of rotatable bonds is 10. The molecule has 1 aliphatic heterocycles. The molecule has 3 heterocycles. The van der Waals surface area contributed by atoms with Gasteiger partial charge in [-0.25, -0.2) is 4.79 Å². The fourth-order valence-electron chi connectivity index (χ4n) is 5.17. The highest BCUT2D eigenvalue weighted by Crippen LogP contribution is 2.32. The van der Waals surface area contributed by atoms with Crippen molar-refractivity contribution in [3.63, 3.8) is 0 Å². The van der Waals surface area contributed by atoms with E-state index < -0.39 is 12.1 Å². The molecule has 14 heteroatoms.